The van der Waals surface area contributed by atoms with E-state index in [1.165, 1.54) is 32.1 Å². The van der Waals surface area contributed by atoms with Crippen molar-refractivity contribution in [3.05, 3.63) is 12.2 Å². The minimum absolute atomic E-state index is 0.662. The molecule has 0 fully saturated rings. The lowest BCUT2D eigenvalue weighted by Gasteiger charge is -2.09. The number of hydrogen-bond acceptors (Lipinski definition) is 1. The summed E-state index contributed by atoms with van der Waals surface area (Å²) in [4.78, 5) is 0. The van der Waals surface area contributed by atoms with Gasteiger partial charge in [0, 0.05) is 5.25 Å². The third-order valence-electron chi connectivity index (χ3n) is 1.74. The molecule has 0 aliphatic heterocycles. The summed E-state index contributed by atoms with van der Waals surface area (Å²) in [6, 6.07) is 0. The maximum Gasteiger partial charge on any atom is 0.00198 e. The number of rotatable bonds is 0. The molecule has 0 heterocycles. The summed E-state index contributed by atoms with van der Waals surface area (Å²) in [6.45, 7) is 0. The summed E-state index contributed by atoms with van der Waals surface area (Å²) in [5, 5.41) is 0.662. The van der Waals surface area contributed by atoms with Crippen LogP contribution >= 0.6 is 12.6 Å². The van der Waals surface area contributed by atoms with Gasteiger partial charge in [-0.2, -0.15) is 12.6 Å². The fourth-order valence-electron chi connectivity index (χ4n) is 1.14. The monoisotopic (exact) mass is 142 g/mol. The third kappa shape index (κ3) is 2.95. The normalized spacial score (nSPS) is 29.2. The first kappa shape index (κ1) is 7.20. The van der Waals surface area contributed by atoms with Gasteiger partial charge in [0.1, 0.15) is 0 Å². The molecule has 1 heteroatoms. The zero-order valence-electron chi connectivity index (χ0n) is 5.71. The molecule has 0 saturated heterocycles. The standard InChI is InChI=1S/C8H14S/c9-8-6-4-2-1-3-5-7-8/h1-2,8-9H,3-7H2. The van der Waals surface area contributed by atoms with Crippen molar-refractivity contribution >= 4 is 12.6 Å². The topological polar surface area (TPSA) is 0 Å². The van der Waals surface area contributed by atoms with Crippen LogP contribution in [0.2, 0.25) is 0 Å². The fourth-order valence-corrected chi connectivity index (χ4v) is 1.47. The first-order chi connectivity index (χ1) is 4.39. The molecule has 0 saturated carbocycles. The Morgan fingerprint density at radius 3 is 2.78 bits per heavy atom. The summed E-state index contributed by atoms with van der Waals surface area (Å²) < 4.78 is 0. The molecular weight excluding hydrogens is 128 g/mol. The van der Waals surface area contributed by atoms with Gasteiger partial charge in [-0.15, -0.1) is 0 Å². The Balaban J connectivity index is 2.27. The van der Waals surface area contributed by atoms with Gasteiger partial charge in [-0.25, -0.2) is 0 Å². The first-order valence-corrected chi connectivity index (χ1v) is 4.24. The van der Waals surface area contributed by atoms with Gasteiger partial charge in [-0.1, -0.05) is 12.2 Å². The molecule has 0 amide bonds. The van der Waals surface area contributed by atoms with E-state index in [2.05, 4.69) is 24.8 Å². The Bertz CT molecular complexity index is 96.7. The number of hydrogen-bond donors (Lipinski definition) is 1. The van der Waals surface area contributed by atoms with Gasteiger partial charge >= 0.3 is 0 Å². The second-order valence-corrected chi connectivity index (χ2v) is 3.36. The Kier molecular flexibility index (Phi) is 3.20. The minimum Gasteiger partial charge on any atom is -0.176 e. The Morgan fingerprint density at radius 2 is 1.89 bits per heavy atom. The molecule has 0 aromatic heterocycles. The van der Waals surface area contributed by atoms with Crippen LogP contribution in [0.3, 0.4) is 0 Å². The van der Waals surface area contributed by atoms with Crippen LogP contribution in [0.1, 0.15) is 32.1 Å². The molecule has 0 nitrogen and oxygen atoms in total. The van der Waals surface area contributed by atoms with E-state index in [4.69, 9.17) is 0 Å². The molecule has 1 rings (SSSR count). The van der Waals surface area contributed by atoms with E-state index in [1.54, 1.807) is 0 Å². The molecule has 0 aromatic rings. The summed E-state index contributed by atoms with van der Waals surface area (Å²) in [7, 11) is 0. The lowest BCUT2D eigenvalue weighted by molar-refractivity contribution is 0.656. The summed E-state index contributed by atoms with van der Waals surface area (Å²) in [6.07, 6.45) is 10.9. The number of allylic oxidation sites excluding steroid dienone is 2. The van der Waals surface area contributed by atoms with Crippen LogP contribution < -0.4 is 0 Å². The smallest absolute Gasteiger partial charge is 0.00198 e. The Hall–Kier alpha value is 0.0900. The Morgan fingerprint density at radius 1 is 1.11 bits per heavy atom. The van der Waals surface area contributed by atoms with E-state index < -0.39 is 0 Å². The highest BCUT2D eigenvalue weighted by atomic mass is 32.1. The SMILES string of the molecule is SC1CCC=CCCC1. The van der Waals surface area contributed by atoms with E-state index in [9.17, 15) is 0 Å². The van der Waals surface area contributed by atoms with Gasteiger partial charge in [-0.3, -0.25) is 0 Å². The molecule has 0 N–H and O–H groups in total. The van der Waals surface area contributed by atoms with E-state index in [0.29, 0.717) is 5.25 Å². The van der Waals surface area contributed by atoms with Crippen molar-refractivity contribution in [3.63, 3.8) is 0 Å². The van der Waals surface area contributed by atoms with Gasteiger partial charge in [-0.05, 0) is 32.1 Å². The highest BCUT2D eigenvalue weighted by Crippen LogP contribution is 2.16. The molecule has 9 heavy (non-hydrogen) atoms. The largest absolute Gasteiger partial charge is 0.176 e. The minimum atomic E-state index is 0.662. The molecule has 0 radical (unpaired) electrons. The van der Waals surface area contributed by atoms with Gasteiger partial charge < -0.3 is 0 Å². The van der Waals surface area contributed by atoms with Crippen molar-refractivity contribution in [1.82, 2.24) is 0 Å². The summed E-state index contributed by atoms with van der Waals surface area (Å²) >= 11 is 4.44. The lowest BCUT2D eigenvalue weighted by Crippen LogP contribution is -1.98. The fraction of sp³-hybridized carbons (Fsp3) is 0.750. The van der Waals surface area contributed by atoms with Crippen molar-refractivity contribution < 1.29 is 0 Å². The van der Waals surface area contributed by atoms with Gasteiger partial charge in [0.15, 0.2) is 0 Å². The average Bonchev–Trinajstić information content (AvgIpc) is 1.79. The van der Waals surface area contributed by atoms with Crippen LogP contribution in [0.4, 0.5) is 0 Å². The van der Waals surface area contributed by atoms with E-state index in [1.807, 2.05) is 0 Å². The predicted octanol–water partition coefficient (Wildman–Crippen LogP) is 2.81. The van der Waals surface area contributed by atoms with Crippen LogP contribution in [-0.2, 0) is 0 Å². The maximum atomic E-state index is 4.44. The van der Waals surface area contributed by atoms with Crippen molar-refractivity contribution in [2.24, 2.45) is 0 Å². The third-order valence-corrected chi connectivity index (χ3v) is 2.26. The lowest BCUT2D eigenvalue weighted by atomic mass is 10.1. The number of thiol groups is 1. The molecule has 0 spiro atoms. The van der Waals surface area contributed by atoms with E-state index in [-0.39, 0.29) is 0 Å². The van der Waals surface area contributed by atoms with Crippen molar-refractivity contribution in [2.75, 3.05) is 0 Å². The second-order valence-electron chi connectivity index (χ2n) is 2.63. The van der Waals surface area contributed by atoms with Crippen LogP contribution in [0.5, 0.6) is 0 Å². The maximum absolute atomic E-state index is 4.44. The molecular formula is C8H14S. The predicted molar refractivity (Wildman–Crippen MR) is 45.0 cm³/mol. The second kappa shape index (κ2) is 3.99. The van der Waals surface area contributed by atoms with Crippen molar-refractivity contribution in [1.29, 1.82) is 0 Å². The zero-order valence-corrected chi connectivity index (χ0v) is 6.61. The zero-order chi connectivity index (χ0) is 6.53. The quantitative estimate of drug-likeness (QED) is 0.390. The van der Waals surface area contributed by atoms with Crippen LogP contribution in [0, 0.1) is 0 Å². The van der Waals surface area contributed by atoms with Crippen LogP contribution in [0.15, 0.2) is 12.2 Å². The van der Waals surface area contributed by atoms with Crippen molar-refractivity contribution in [2.45, 2.75) is 37.4 Å². The molecule has 1 unspecified atom stereocenters. The highest BCUT2D eigenvalue weighted by molar-refractivity contribution is 7.80. The Labute approximate surface area is 62.8 Å². The van der Waals surface area contributed by atoms with Gasteiger partial charge in [0.2, 0.25) is 0 Å². The molecule has 1 aliphatic rings. The van der Waals surface area contributed by atoms with E-state index >= 15 is 0 Å². The molecule has 1 atom stereocenters. The summed E-state index contributed by atoms with van der Waals surface area (Å²) in [5.41, 5.74) is 0. The highest BCUT2D eigenvalue weighted by Gasteiger charge is 2.01. The van der Waals surface area contributed by atoms with Crippen molar-refractivity contribution in [3.8, 4) is 0 Å². The molecule has 1 aliphatic carbocycles. The van der Waals surface area contributed by atoms with Crippen LogP contribution in [0.25, 0.3) is 0 Å². The first-order valence-electron chi connectivity index (χ1n) is 3.72. The summed E-state index contributed by atoms with van der Waals surface area (Å²) in [5.74, 6) is 0. The molecule has 0 bridgehead atoms. The van der Waals surface area contributed by atoms with Crippen LogP contribution in [-0.4, -0.2) is 5.25 Å². The van der Waals surface area contributed by atoms with Gasteiger partial charge in [0.25, 0.3) is 0 Å². The average molecular weight is 142 g/mol. The van der Waals surface area contributed by atoms with E-state index in [0.717, 1.165) is 0 Å². The molecule has 52 valence electrons. The van der Waals surface area contributed by atoms with Gasteiger partial charge in [0.05, 0.1) is 0 Å². The molecule has 0 aromatic carbocycles.